The number of nitrogen functional groups attached to an aromatic ring is 1. The van der Waals surface area contributed by atoms with Crippen LogP contribution in [0.5, 0.6) is 5.88 Å². The third-order valence-electron chi connectivity index (χ3n) is 1.37. The van der Waals surface area contributed by atoms with Crippen LogP contribution in [0, 0.1) is 11.8 Å². The van der Waals surface area contributed by atoms with Gasteiger partial charge in [-0.2, -0.15) is 12.6 Å². The van der Waals surface area contributed by atoms with Crippen LogP contribution in [0.1, 0.15) is 5.56 Å². The molecule has 0 spiro atoms. The second kappa shape index (κ2) is 4.63. The van der Waals surface area contributed by atoms with Crippen LogP contribution < -0.4 is 10.5 Å². The van der Waals surface area contributed by atoms with Crippen LogP contribution in [0.25, 0.3) is 0 Å². The molecule has 0 aliphatic rings. The summed E-state index contributed by atoms with van der Waals surface area (Å²) in [4.78, 5) is 3.97. The number of aromatic nitrogens is 1. The van der Waals surface area contributed by atoms with Gasteiger partial charge in [0.25, 0.3) is 0 Å². The number of hydrogen-bond donors (Lipinski definition) is 2. The highest BCUT2D eigenvalue weighted by molar-refractivity contribution is 7.80. The van der Waals surface area contributed by atoms with Crippen LogP contribution in [-0.4, -0.2) is 17.8 Å². The molecule has 0 aromatic carbocycles. The van der Waals surface area contributed by atoms with Crippen molar-refractivity contribution in [1.29, 1.82) is 0 Å². The minimum atomic E-state index is 0.489. The Bertz CT molecular complexity index is 354. The summed E-state index contributed by atoms with van der Waals surface area (Å²) in [6.07, 6.45) is 1.53. The number of hydrogen-bond acceptors (Lipinski definition) is 4. The molecule has 1 aromatic rings. The molecular formula is C9H10N2OS. The summed E-state index contributed by atoms with van der Waals surface area (Å²) in [7, 11) is 1.55. The van der Waals surface area contributed by atoms with Gasteiger partial charge in [0.05, 0.1) is 30.3 Å². The molecule has 0 saturated heterocycles. The highest BCUT2D eigenvalue weighted by Gasteiger charge is 2.00. The van der Waals surface area contributed by atoms with Crippen LogP contribution in [-0.2, 0) is 0 Å². The molecule has 1 aromatic heterocycles. The first kappa shape index (κ1) is 9.75. The van der Waals surface area contributed by atoms with Crippen molar-refractivity contribution < 1.29 is 4.74 Å². The van der Waals surface area contributed by atoms with E-state index in [1.807, 2.05) is 0 Å². The number of methoxy groups -OCH3 is 1. The fraction of sp³-hybridized carbons (Fsp3) is 0.222. The SMILES string of the molecule is COc1ncc(N)cc1C#CCS. The van der Waals surface area contributed by atoms with E-state index in [0.717, 1.165) is 0 Å². The summed E-state index contributed by atoms with van der Waals surface area (Å²) in [5.74, 6) is 6.65. The zero-order valence-electron chi connectivity index (χ0n) is 7.24. The fourth-order valence-corrected chi connectivity index (χ4v) is 0.934. The van der Waals surface area contributed by atoms with Crippen molar-refractivity contribution in [3.8, 4) is 17.7 Å². The minimum Gasteiger partial charge on any atom is -0.480 e. The first-order valence-electron chi connectivity index (χ1n) is 3.67. The maximum atomic E-state index is 5.55. The normalized spacial score (nSPS) is 8.77. The third-order valence-corrected chi connectivity index (χ3v) is 1.53. The molecule has 0 atom stereocenters. The number of thiol groups is 1. The van der Waals surface area contributed by atoms with E-state index in [1.165, 1.54) is 6.20 Å². The Morgan fingerprint density at radius 3 is 3.08 bits per heavy atom. The van der Waals surface area contributed by atoms with Gasteiger partial charge in [0.15, 0.2) is 0 Å². The number of nitrogens with two attached hydrogens (primary N) is 1. The van der Waals surface area contributed by atoms with Gasteiger partial charge in [0.2, 0.25) is 5.88 Å². The lowest BCUT2D eigenvalue weighted by atomic mass is 10.2. The van der Waals surface area contributed by atoms with Gasteiger partial charge in [-0.15, -0.1) is 0 Å². The monoisotopic (exact) mass is 194 g/mol. The average molecular weight is 194 g/mol. The average Bonchev–Trinajstić information content (AvgIpc) is 2.15. The lowest BCUT2D eigenvalue weighted by Gasteiger charge is -2.01. The highest BCUT2D eigenvalue weighted by atomic mass is 32.1. The molecule has 1 heterocycles. The van der Waals surface area contributed by atoms with Gasteiger partial charge in [0.1, 0.15) is 0 Å². The van der Waals surface area contributed by atoms with Crippen molar-refractivity contribution in [3.05, 3.63) is 17.8 Å². The summed E-state index contributed by atoms with van der Waals surface area (Å²) < 4.78 is 5.00. The van der Waals surface area contributed by atoms with Crippen molar-refractivity contribution in [2.75, 3.05) is 18.6 Å². The third kappa shape index (κ3) is 2.56. The molecule has 0 aliphatic carbocycles. The van der Waals surface area contributed by atoms with E-state index >= 15 is 0 Å². The van der Waals surface area contributed by atoms with Gasteiger partial charge >= 0.3 is 0 Å². The topological polar surface area (TPSA) is 48.1 Å². The molecule has 13 heavy (non-hydrogen) atoms. The van der Waals surface area contributed by atoms with Gasteiger partial charge in [-0.3, -0.25) is 0 Å². The Balaban J connectivity index is 3.08. The summed E-state index contributed by atoms with van der Waals surface area (Å²) >= 11 is 3.97. The van der Waals surface area contributed by atoms with Crippen molar-refractivity contribution in [2.45, 2.75) is 0 Å². The van der Waals surface area contributed by atoms with Gasteiger partial charge < -0.3 is 10.5 Å². The molecule has 0 amide bonds. The zero-order valence-corrected chi connectivity index (χ0v) is 8.14. The van der Waals surface area contributed by atoms with E-state index in [4.69, 9.17) is 10.5 Å². The maximum Gasteiger partial charge on any atom is 0.229 e. The quantitative estimate of drug-likeness (QED) is 0.517. The van der Waals surface area contributed by atoms with Crippen LogP contribution in [0.2, 0.25) is 0 Å². The van der Waals surface area contributed by atoms with Crippen LogP contribution in [0.3, 0.4) is 0 Å². The van der Waals surface area contributed by atoms with E-state index in [2.05, 4.69) is 29.5 Å². The first-order valence-corrected chi connectivity index (χ1v) is 4.30. The predicted molar refractivity (Wildman–Crippen MR) is 55.9 cm³/mol. The van der Waals surface area contributed by atoms with E-state index in [-0.39, 0.29) is 0 Å². The van der Waals surface area contributed by atoms with E-state index in [1.54, 1.807) is 13.2 Å². The Hall–Kier alpha value is -1.34. The van der Waals surface area contributed by atoms with Gasteiger partial charge in [-0.05, 0) is 6.07 Å². The van der Waals surface area contributed by atoms with Crippen LogP contribution in [0.4, 0.5) is 5.69 Å². The molecule has 0 aliphatic heterocycles. The maximum absolute atomic E-state index is 5.55. The van der Waals surface area contributed by atoms with Crippen molar-refractivity contribution >= 4 is 18.3 Å². The fourth-order valence-electron chi connectivity index (χ4n) is 0.855. The minimum absolute atomic E-state index is 0.489. The zero-order chi connectivity index (χ0) is 9.68. The molecular weight excluding hydrogens is 184 g/mol. The smallest absolute Gasteiger partial charge is 0.229 e. The van der Waals surface area contributed by atoms with Crippen molar-refractivity contribution in [3.63, 3.8) is 0 Å². The molecule has 3 nitrogen and oxygen atoms in total. The van der Waals surface area contributed by atoms with Gasteiger partial charge in [-0.1, -0.05) is 11.8 Å². The van der Waals surface area contributed by atoms with E-state index < -0.39 is 0 Å². The van der Waals surface area contributed by atoms with Crippen molar-refractivity contribution in [2.24, 2.45) is 0 Å². The van der Waals surface area contributed by atoms with Crippen LogP contribution in [0.15, 0.2) is 12.3 Å². The molecule has 0 fully saturated rings. The molecule has 1 rings (SSSR count). The number of anilines is 1. The molecule has 68 valence electrons. The molecule has 0 radical (unpaired) electrons. The number of pyridine rings is 1. The summed E-state index contributed by atoms with van der Waals surface area (Å²) in [6, 6.07) is 1.72. The number of nitrogens with zero attached hydrogens (tertiary/aromatic N) is 1. The molecule has 0 bridgehead atoms. The standard InChI is InChI=1S/C9H10N2OS/c1-12-9-7(3-2-4-13)5-8(10)6-11-9/h5-6,13H,4,10H2,1H3. The lowest BCUT2D eigenvalue weighted by molar-refractivity contribution is 0.397. The van der Waals surface area contributed by atoms with Gasteiger partial charge in [0, 0.05) is 0 Å². The molecule has 4 heteroatoms. The first-order chi connectivity index (χ1) is 6.27. The molecule has 2 N–H and O–H groups in total. The Labute approximate surface area is 82.7 Å². The predicted octanol–water partition coefficient (Wildman–Crippen LogP) is 0.954. The van der Waals surface area contributed by atoms with Crippen LogP contribution >= 0.6 is 12.6 Å². The summed E-state index contributed by atoms with van der Waals surface area (Å²) in [5.41, 5.74) is 6.81. The van der Waals surface area contributed by atoms with Crippen molar-refractivity contribution in [1.82, 2.24) is 4.98 Å². The molecule has 0 saturated carbocycles. The lowest BCUT2D eigenvalue weighted by Crippen LogP contribution is -1.94. The largest absolute Gasteiger partial charge is 0.480 e. The second-order valence-corrected chi connectivity index (χ2v) is 2.60. The number of rotatable bonds is 1. The molecule has 0 unspecified atom stereocenters. The second-order valence-electron chi connectivity index (χ2n) is 2.29. The Kier molecular flexibility index (Phi) is 3.47. The highest BCUT2D eigenvalue weighted by Crippen LogP contribution is 2.15. The van der Waals surface area contributed by atoms with E-state index in [9.17, 15) is 0 Å². The van der Waals surface area contributed by atoms with Gasteiger partial charge in [-0.25, -0.2) is 4.98 Å². The summed E-state index contributed by atoms with van der Waals surface area (Å²) in [5, 5.41) is 0. The van der Waals surface area contributed by atoms with E-state index in [0.29, 0.717) is 22.9 Å². The summed E-state index contributed by atoms with van der Waals surface area (Å²) in [6.45, 7) is 0. The number of ether oxygens (including phenoxy) is 1. The Morgan fingerprint density at radius 2 is 2.46 bits per heavy atom. The Morgan fingerprint density at radius 1 is 1.69 bits per heavy atom.